The molecule has 0 saturated heterocycles. The van der Waals surface area contributed by atoms with Gasteiger partial charge in [0.1, 0.15) is 0 Å². The molecule has 1 nitrogen and oxygen atoms in total. The van der Waals surface area contributed by atoms with E-state index in [9.17, 15) is 0 Å². The Morgan fingerprint density at radius 1 is 1.22 bits per heavy atom. The molecule has 1 heterocycles. The fourth-order valence-electron chi connectivity index (χ4n) is 2.53. The lowest BCUT2D eigenvalue weighted by atomic mass is 9.96. The van der Waals surface area contributed by atoms with Crippen molar-refractivity contribution in [1.29, 1.82) is 0 Å². The third-order valence-electron chi connectivity index (χ3n) is 4.05. The Kier molecular flexibility index (Phi) is 8.97. The van der Waals surface area contributed by atoms with Gasteiger partial charge < -0.3 is 0 Å². The van der Waals surface area contributed by atoms with Gasteiger partial charge in [-0.25, -0.2) is 0 Å². The predicted octanol–water partition coefficient (Wildman–Crippen LogP) is 6.74. The fourth-order valence-corrected chi connectivity index (χ4v) is 2.53. The summed E-state index contributed by atoms with van der Waals surface area (Å²) in [5.41, 5.74) is 3.95. The Labute approximate surface area is 142 Å². The van der Waals surface area contributed by atoms with Gasteiger partial charge in [-0.15, -0.1) is 0 Å². The minimum atomic E-state index is 0.746. The Hall–Kier alpha value is -1.89. The maximum atomic E-state index is 4.37. The number of allylic oxidation sites excluding steroid dienone is 3. The predicted molar refractivity (Wildman–Crippen MR) is 104 cm³/mol. The molecule has 0 aliphatic rings. The van der Waals surface area contributed by atoms with E-state index in [1.807, 2.05) is 18.3 Å². The van der Waals surface area contributed by atoms with Crippen molar-refractivity contribution in [2.45, 2.75) is 53.4 Å². The Morgan fingerprint density at radius 2 is 1.96 bits per heavy atom. The second-order valence-corrected chi connectivity index (χ2v) is 6.20. The van der Waals surface area contributed by atoms with Crippen molar-refractivity contribution < 1.29 is 0 Å². The number of nitrogens with zero attached hydrogens (tertiary/aromatic N) is 1. The van der Waals surface area contributed by atoms with E-state index in [0.29, 0.717) is 0 Å². The fraction of sp³-hybridized carbons (Fsp3) is 0.409. The third-order valence-corrected chi connectivity index (χ3v) is 4.05. The summed E-state index contributed by atoms with van der Waals surface area (Å²) in [6, 6.07) is 10.5. The van der Waals surface area contributed by atoms with Gasteiger partial charge in [0.05, 0.1) is 5.52 Å². The van der Waals surface area contributed by atoms with E-state index in [4.69, 9.17) is 0 Å². The van der Waals surface area contributed by atoms with Crippen LogP contribution in [-0.2, 0) is 6.42 Å². The Balaban J connectivity index is 0.000000284. The van der Waals surface area contributed by atoms with Gasteiger partial charge in [0.2, 0.25) is 0 Å². The number of pyridine rings is 1. The number of hydrogen-bond donors (Lipinski definition) is 0. The zero-order valence-electron chi connectivity index (χ0n) is 15.2. The SMILES string of the molecule is C=C/C=C(\C)CCC.CCC(C)Cc1ccnc2ccccc12. The maximum absolute atomic E-state index is 4.37. The third kappa shape index (κ3) is 6.81. The first-order valence-electron chi connectivity index (χ1n) is 8.73. The van der Waals surface area contributed by atoms with Gasteiger partial charge >= 0.3 is 0 Å². The molecule has 1 heteroatoms. The molecule has 2 aromatic rings. The molecule has 124 valence electrons. The Bertz CT molecular complexity index is 619. The van der Waals surface area contributed by atoms with Gasteiger partial charge in [-0.3, -0.25) is 4.98 Å². The number of fused-ring (bicyclic) bond motifs is 1. The maximum Gasteiger partial charge on any atom is 0.0704 e. The molecular weight excluding hydrogens is 278 g/mol. The van der Waals surface area contributed by atoms with Crippen LogP contribution in [0.2, 0.25) is 0 Å². The van der Waals surface area contributed by atoms with E-state index in [0.717, 1.165) is 17.9 Å². The lowest BCUT2D eigenvalue weighted by Crippen LogP contribution is -1.98. The summed E-state index contributed by atoms with van der Waals surface area (Å²) in [6.45, 7) is 12.5. The highest BCUT2D eigenvalue weighted by Crippen LogP contribution is 2.20. The van der Waals surface area contributed by atoms with Crippen LogP contribution in [0.4, 0.5) is 0 Å². The summed E-state index contributed by atoms with van der Waals surface area (Å²) in [7, 11) is 0. The molecule has 0 N–H and O–H groups in total. The van der Waals surface area contributed by atoms with Crippen molar-refractivity contribution in [2.24, 2.45) is 5.92 Å². The van der Waals surface area contributed by atoms with Crippen molar-refractivity contribution >= 4 is 10.9 Å². The summed E-state index contributed by atoms with van der Waals surface area (Å²) >= 11 is 0. The molecule has 0 fully saturated rings. The van der Waals surface area contributed by atoms with E-state index in [1.54, 1.807) is 0 Å². The first-order valence-corrected chi connectivity index (χ1v) is 8.73. The van der Waals surface area contributed by atoms with Gasteiger partial charge in [-0.05, 0) is 43.4 Å². The summed E-state index contributed by atoms with van der Waals surface area (Å²) < 4.78 is 0. The van der Waals surface area contributed by atoms with Gasteiger partial charge in [0.25, 0.3) is 0 Å². The average molecular weight is 309 g/mol. The van der Waals surface area contributed by atoms with Crippen LogP contribution in [0.15, 0.2) is 60.8 Å². The number of hydrogen-bond acceptors (Lipinski definition) is 1. The normalized spacial score (nSPS) is 12.4. The summed E-state index contributed by atoms with van der Waals surface area (Å²) in [4.78, 5) is 4.37. The smallest absolute Gasteiger partial charge is 0.0704 e. The number of benzene rings is 1. The monoisotopic (exact) mass is 309 g/mol. The molecule has 0 aliphatic heterocycles. The second kappa shape index (κ2) is 10.8. The molecule has 0 spiro atoms. The zero-order valence-corrected chi connectivity index (χ0v) is 15.2. The standard InChI is InChI=1S/C14H17N.C8H14/c1-3-11(2)10-12-8-9-15-14-7-5-4-6-13(12)14;1-4-6-8(3)7-5-2/h4-9,11H,3,10H2,1-2H3;4,6H,1,5,7H2,2-3H3/b;8-6+. The van der Waals surface area contributed by atoms with Crippen LogP contribution in [0, 0.1) is 5.92 Å². The molecular formula is C22H31N. The minimum Gasteiger partial charge on any atom is -0.256 e. The molecule has 1 aromatic carbocycles. The van der Waals surface area contributed by atoms with Crippen LogP contribution in [-0.4, -0.2) is 4.98 Å². The average Bonchev–Trinajstić information content (AvgIpc) is 2.56. The van der Waals surface area contributed by atoms with Crippen LogP contribution in [0.25, 0.3) is 10.9 Å². The molecule has 0 aliphatic carbocycles. The zero-order chi connectivity index (χ0) is 17.1. The molecule has 2 rings (SSSR count). The molecule has 1 aromatic heterocycles. The van der Waals surface area contributed by atoms with Gasteiger partial charge in [0, 0.05) is 11.6 Å². The molecule has 0 saturated carbocycles. The van der Waals surface area contributed by atoms with Gasteiger partial charge in [-0.2, -0.15) is 0 Å². The lowest BCUT2D eigenvalue weighted by molar-refractivity contribution is 0.562. The molecule has 0 radical (unpaired) electrons. The Morgan fingerprint density at radius 3 is 2.61 bits per heavy atom. The number of aromatic nitrogens is 1. The summed E-state index contributed by atoms with van der Waals surface area (Å²) in [6.07, 6.45) is 10.6. The van der Waals surface area contributed by atoms with E-state index in [-0.39, 0.29) is 0 Å². The first kappa shape index (κ1) is 19.2. The van der Waals surface area contributed by atoms with E-state index >= 15 is 0 Å². The number of para-hydroxylation sites is 1. The van der Waals surface area contributed by atoms with Crippen LogP contribution < -0.4 is 0 Å². The van der Waals surface area contributed by atoms with Crippen LogP contribution in [0.3, 0.4) is 0 Å². The topological polar surface area (TPSA) is 12.9 Å². The van der Waals surface area contributed by atoms with Crippen LogP contribution >= 0.6 is 0 Å². The highest BCUT2D eigenvalue weighted by Gasteiger charge is 2.05. The largest absolute Gasteiger partial charge is 0.256 e. The quantitative estimate of drug-likeness (QED) is 0.538. The number of rotatable bonds is 6. The molecule has 23 heavy (non-hydrogen) atoms. The van der Waals surface area contributed by atoms with Crippen molar-refractivity contribution in [3.8, 4) is 0 Å². The summed E-state index contributed by atoms with van der Waals surface area (Å²) in [5.74, 6) is 0.746. The highest BCUT2D eigenvalue weighted by molar-refractivity contribution is 5.81. The lowest BCUT2D eigenvalue weighted by Gasteiger charge is -2.10. The van der Waals surface area contributed by atoms with E-state index < -0.39 is 0 Å². The van der Waals surface area contributed by atoms with Crippen molar-refractivity contribution in [2.75, 3.05) is 0 Å². The van der Waals surface area contributed by atoms with Crippen LogP contribution in [0.1, 0.15) is 52.5 Å². The van der Waals surface area contributed by atoms with Crippen molar-refractivity contribution in [1.82, 2.24) is 4.98 Å². The van der Waals surface area contributed by atoms with E-state index in [2.05, 4.69) is 69.6 Å². The molecule has 1 atom stereocenters. The molecule has 0 amide bonds. The second-order valence-electron chi connectivity index (χ2n) is 6.20. The van der Waals surface area contributed by atoms with Crippen LogP contribution in [0.5, 0.6) is 0 Å². The first-order chi connectivity index (χ1) is 11.1. The highest BCUT2D eigenvalue weighted by atomic mass is 14.6. The summed E-state index contributed by atoms with van der Waals surface area (Å²) in [5, 5.41) is 1.31. The van der Waals surface area contributed by atoms with Crippen molar-refractivity contribution in [3.05, 3.63) is 66.4 Å². The van der Waals surface area contributed by atoms with E-state index in [1.165, 1.54) is 35.8 Å². The van der Waals surface area contributed by atoms with Gasteiger partial charge in [0.15, 0.2) is 0 Å². The minimum absolute atomic E-state index is 0.746. The molecule has 0 bridgehead atoms. The van der Waals surface area contributed by atoms with Crippen molar-refractivity contribution in [3.63, 3.8) is 0 Å². The van der Waals surface area contributed by atoms with Gasteiger partial charge in [-0.1, -0.05) is 76.1 Å². The molecule has 1 unspecified atom stereocenters.